The molecule has 2 fully saturated rings. The Hall–Kier alpha value is -0.0900. The molecule has 1 atom stereocenters. The summed E-state index contributed by atoms with van der Waals surface area (Å²) in [6.45, 7) is 1.55. The molecule has 1 heterocycles. The van der Waals surface area contributed by atoms with Gasteiger partial charge in [0.1, 0.15) is 0 Å². The molecule has 0 radical (unpaired) electrons. The Labute approximate surface area is 73.5 Å². The second kappa shape index (κ2) is 3.00. The maximum Gasteiger partial charge on any atom is 0.154 e. The second-order valence-electron chi connectivity index (χ2n) is 3.89. The van der Waals surface area contributed by atoms with Gasteiger partial charge in [-0.05, 0) is 31.7 Å². The van der Waals surface area contributed by atoms with E-state index in [1.54, 1.807) is 0 Å². The highest BCUT2D eigenvalue weighted by atomic mass is 32.2. The predicted molar refractivity (Wildman–Crippen MR) is 47.8 cm³/mol. The van der Waals surface area contributed by atoms with Crippen molar-refractivity contribution in [1.29, 1.82) is 0 Å². The van der Waals surface area contributed by atoms with E-state index in [9.17, 15) is 8.42 Å². The quantitative estimate of drug-likeness (QED) is 0.688. The lowest BCUT2D eigenvalue weighted by molar-refractivity contribution is 0.579. The minimum Gasteiger partial charge on any atom is -0.315 e. The molecule has 0 amide bonds. The average Bonchev–Trinajstić information content (AvgIpc) is 2.67. The van der Waals surface area contributed by atoms with Crippen molar-refractivity contribution in [2.24, 2.45) is 5.92 Å². The first-order valence-corrected chi connectivity index (χ1v) is 6.32. The standard InChI is InChI=1S/C8H15NO2S/c10-12(11,6-7-1-2-7)8-3-4-9-5-8/h7-9H,1-6H2. The van der Waals surface area contributed by atoms with Crippen molar-refractivity contribution >= 4 is 9.84 Å². The normalized spacial score (nSPS) is 30.8. The molecule has 2 aliphatic rings. The molecule has 0 spiro atoms. The van der Waals surface area contributed by atoms with Gasteiger partial charge in [-0.25, -0.2) is 8.42 Å². The molecule has 2 rings (SSSR count). The van der Waals surface area contributed by atoms with Gasteiger partial charge in [0.2, 0.25) is 0 Å². The van der Waals surface area contributed by atoms with Crippen LogP contribution in [0.4, 0.5) is 0 Å². The van der Waals surface area contributed by atoms with Gasteiger partial charge in [0.25, 0.3) is 0 Å². The van der Waals surface area contributed by atoms with Crippen molar-refractivity contribution in [2.45, 2.75) is 24.5 Å². The lowest BCUT2D eigenvalue weighted by Gasteiger charge is -2.08. The summed E-state index contributed by atoms with van der Waals surface area (Å²) >= 11 is 0. The van der Waals surface area contributed by atoms with Crippen LogP contribution in [-0.2, 0) is 9.84 Å². The van der Waals surface area contributed by atoms with Gasteiger partial charge < -0.3 is 5.32 Å². The molecule has 1 N–H and O–H groups in total. The van der Waals surface area contributed by atoms with E-state index in [2.05, 4.69) is 5.32 Å². The first kappa shape index (κ1) is 8.51. The first-order chi connectivity index (χ1) is 5.68. The molecule has 0 bridgehead atoms. The zero-order valence-corrected chi connectivity index (χ0v) is 7.94. The van der Waals surface area contributed by atoms with Gasteiger partial charge >= 0.3 is 0 Å². The highest BCUT2D eigenvalue weighted by Gasteiger charge is 2.34. The van der Waals surface area contributed by atoms with E-state index < -0.39 is 9.84 Å². The maximum absolute atomic E-state index is 11.6. The maximum atomic E-state index is 11.6. The van der Waals surface area contributed by atoms with E-state index in [4.69, 9.17) is 0 Å². The Bertz CT molecular complexity index is 250. The third-order valence-corrected chi connectivity index (χ3v) is 5.04. The summed E-state index contributed by atoms with van der Waals surface area (Å²) < 4.78 is 23.3. The van der Waals surface area contributed by atoms with Gasteiger partial charge in [0.15, 0.2) is 9.84 Å². The van der Waals surface area contributed by atoms with Crippen LogP contribution in [0, 0.1) is 5.92 Å². The Balaban J connectivity index is 1.97. The van der Waals surface area contributed by atoms with E-state index in [0.717, 1.165) is 25.8 Å². The van der Waals surface area contributed by atoms with Crippen LogP contribution in [0.2, 0.25) is 0 Å². The summed E-state index contributed by atoms with van der Waals surface area (Å²) in [7, 11) is -2.76. The van der Waals surface area contributed by atoms with Crippen LogP contribution in [0.15, 0.2) is 0 Å². The van der Waals surface area contributed by atoms with E-state index in [1.165, 1.54) is 0 Å². The lowest BCUT2D eigenvalue weighted by Crippen LogP contribution is -2.26. The van der Waals surface area contributed by atoms with Crippen LogP contribution in [0.25, 0.3) is 0 Å². The number of nitrogens with one attached hydrogen (secondary N) is 1. The molecule has 1 unspecified atom stereocenters. The lowest BCUT2D eigenvalue weighted by atomic mass is 10.4. The largest absolute Gasteiger partial charge is 0.315 e. The highest BCUT2D eigenvalue weighted by Crippen LogP contribution is 2.31. The molecule has 0 aromatic carbocycles. The average molecular weight is 189 g/mol. The van der Waals surface area contributed by atoms with Crippen LogP contribution in [0.1, 0.15) is 19.3 Å². The summed E-state index contributed by atoms with van der Waals surface area (Å²) in [6, 6.07) is 0. The number of hydrogen-bond acceptors (Lipinski definition) is 3. The van der Waals surface area contributed by atoms with Crippen molar-refractivity contribution in [3.63, 3.8) is 0 Å². The van der Waals surface area contributed by atoms with Crippen molar-refractivity contribution in [3.8, 4) is 0 Å². The predicted octanol–water partition coefficient (Wildman–Crippen LogP) is 0.173. The van der Waals surface area contributed by atoms with Crippen LogP contribution in [0.5, 0.6) is 0 Å². The van der Waals surface area contributed by atoms with E-state index >= 15 is 0 Å². The second-order valence-corrected chi connectivity index (χ2v) is 6.21. The smallest absolute Gasteiger partial charge is 0.154 e. The van der Waals surface area contributed by atoms with Crippen LogP contribution in [-0.4, -0.2) is 32.5 Å². The van der Waals surface area contributed by atoms with Crippen molar-refractivity contribution in [2.75, 3.05) is 18.8 Å². The number of rotatable bonds is 3. The van der Waals surface area contributed by atoms with Crippen molar-refractivity contribution < 1.29 is 8.42 Å². The summed E-state index contributed by atoms with van der Waals surface area (Å²) in [4.78, 5) is 0. The summed E-state index contributed by atoms with van der Waals surface area (Å²) in [6.07, 6.45) is 3.06. The van der Waals surface area contributed by atoms with Crippen LogP contribution < -0.4 is 5.32 Å². The Morgan fingerprint density at radius 3 is 2.50 bits per heavy atom. The SMILES string of the molecule is O=S(=O)(CC1CC1)C1CCNC1. The minimum absolute atomic E-state index is 0.0851. The minimum atomic E-state index is -2.76. The summed E-state index contributed by atoms with van der Waals surface area (Å²) in [5.41, 5.74) is 0. The zero-order chi connectivity index (χ0) is 8.60. The Morgan fingerprint density at radius 2 is 2.00 bits per heavy atom. The molecular weight excluding hydrogens is 174 g/mol. The Kier molecular flexibility index (Phi) is 2.12. The molecule has 1 aliphatic carbocycles. The number of sulfone groups is 1. The third-order valence-electron chi connectivity index (χ3n) is 2.69. The summed E-state index contributed by atoms with van der Waals surface area (Å²) in [5, 5.41) is 3.01. The third kappa shape index (κ3) is 1.80. The van der Waals surface area contributed by atoms with Gasteiger partial charge in [-0.1, -0.05) is 0 Å². The van der Waals surface area contributed by atoms with Crippen LogP contribution in [0.3, 0.4) is 0 Å². The molecule has 0 aromatic rings. The molecule has 0 aromatic heterocycles. The van der Waals surface area contributed by atoms with Gasteiger partial charge in [0.05, 0.1) is 11.0 Å². The summed E-state index contributed by atoms with van der Waals surface area (Å²) in [5.74, 6) is 0.940. The van der Waals surface area contributed by atoms with E-state index in [0.29, 0.717) is 18.2 Å². The van der Waals surface area contributed by atoms with Gasteiger partial charge in [-0.3, -0.25) is 0 Å². The van der Waals surface area contributed by atoms with Gasteiger partial charge in [-0.15, -0.1) is 0 Å². The molecule has 1 saturated carbocycles. The fourth-order valence-electron chi connectivity index (χ4n) is 1.68. The van der Waals surface area contributed by atoms with Crippen molar-refractivity contribution in [3.05, 3.63) is 0 Å². The molecule has 1 saturated heterocycles. The molecule has 70 valence electrons. The van der Waals surface area contributed by atoms with Gasteiger partial charge in [-0.2, -0.15) is 0 Å². The van der Waals surface area contributed by atoms with Gasteiger partial charge in [0, 0.05) is 6.54 Å². The fourth-order valence-corrected chi connectivity index (χ4v) is 3.80. The van der Waals surface area contributed by atoms with E-state index in [1.807, 2.05) is 0 Å². The molecular formula is C8H15NO2S. The van der Waals surface area contributed by atoms with E-state index in [-0.39, 0.29) is 5.25 Å². The first-order valence-electron chi connectivity index (χ1n) is 4.61. The molecule has 4 heteroatoms. The molecule has 12 heavy (non-hydrogen) atoms. The fraction of sp³-hybridized carbons (Fsp3) is 1.00. The van der Waals surface area contributed by atoms with Crippen LogP contribution >= 0.6 is 0 Å². The monoisotopic (exact) mass is 189 g/mol. The van der Waals surface area contributed by atoms with Crippen molar-refractivity contribution in [1.82, 2.24) is 5.32 Å². The Morgan fingerprint density at radius 1 is 1.25 bits per heavy atom. The molecule has 1 aliphatic heterocycles. The molecule has 3 nitrogen and oxygen atoms in total. The highest BCUT2D eigenvalue weighted by molar-refractivity contribution is 7.92. The number of hydrogen-bond donors (Lipinski definition) is 1. The zero-order valence-electron chi connectivity index (χ0n) is 7.12. The topological polar surface area (TPSA) is 46.2 Å².